The van der Waals surface area contributed by atoms with E-state index in [4.69, 9.17) is 0 Å². The second-order valence-electron chi connectivity index (χ2n) is 5.30. The normalized spacial score (nSPS) is 23.1. The second-order valence-corrected chi connectivity index (χ2v) is 5.30. The van der Waals surface area contributed by atoms with Crippen LogP contribution in [0.25, 0.3) is 0 Å². The van der Waals surface area contributed by atoms with E-state index in [0.717, 1.165) is 17.7 Å². The Morgan fingerprint density at radius 1 is 1.00 bits per heavy atom. The highest BCUT2D eigenvalue weighted by Crippen LogP contribution is 2.28. The van der Waals surface area contributed by atoms with Gasteiger partial charge in [-0.25, -0.2) is 0 Å². The standard InChI is InChI=1S/C15H16N2O3/c1-16-9-5-4-8-12(15(16)20)17-13(18)10-6-2-3-7-11(10)14(17)19/h2-3,6-7,12H,4-5,8-9H2,1H3/t12-/m0/s1. The van der Waals surface area contributed by atoms with Crippen molar-refractivity contribution >= 4 is 17.7 Å². The highest BCUT2D eigenvalue weighted by molar-refractivity contribution is 6.22. The molecule has 3 amide bonds. The summed E-state index contributed by atoms with van der Waals surface area (Å²) in [5, 5.41) is 0. The smallest absolute Gasteiger partial charge is 0.262 e. The number of rotatable bonds is 1. The van der Waals surface area contributed by atoms with Crippen LogP contribution in [-0.4, -0.2) is 47.2 Å². The van der Waals surface area contributed by atoms with Gasteiger partial charge in [0.15, 0.2) is 0 Å². The number of nitrogens with zero attached hydrogens (tertiary/aromatic N) is 2. The molecule has 20 heavy (non-hydrogen) atoms. The SMILES string of the molecule is CN1CCCC[C@H](N2C(=O)c3ccccc3C2=O)C1=O. The van der Waals surface area contributed by atoms with Gasteiger partial charge in [0.1, 0.15) is 6.04 Å². The van der Waals surface area contributed by atoms with Crippen molar-refractivity contribution in [2.75, 3.05) is 13.6 Å². The average molecular weight is 272 g/mol. The molecule has 5 nitrogen and oxygen atoms in total. The first-order valence-electron chi connectivity index (χ1n) is 6.83. The number of amides is 3. The summed E-state index contributed by atoms with van der Waals surface area (Å²) in [6, 6.07) is 6.08. The summed E-state index contributed by atoms with van der Waals surface area (Å²) in [5.74, 6) is -0.837. The predicted octanol–water partition coefficient (Wildman–Crippen LogP) is 1.29. The zero-order valence-corrected chi connectivity index (χ0v) is 11.3. The van der Waals surface area contributed by atoms with Crippen molar-refractivity contribution < 1.29 is 14.4 Å². The van der Waals surface area contributed by atoms with Crippen LogP contribution in [0.4, 0.5) is 0 Å². The number of likely N-dealkylation sites (N-methyl/N-ethyl adjacent to an activating group) is 1. The Morgan fingerprint density at radius 2 is 1.60 bits per heavy atom. The third-order valence-corrected chi connectivity index (χ3v) is 4.02. The molecule has 0 saturated carbocycles. The molecule has 104 valence electrons. The lowest BCUT2D eigenvalue weighted by molar-refractivity contribution is -0.133. The molecule has 0 N–H and O–H groups in total. The molecule has 1 aromatic rings. The molecule has 0 bridgehead atoms. The van der Waals surface area contributed by atoms with Crippen molar-refractivity contribution in [2.45, 2.75) is 25.3 Å². The number of imide groups is 1. The van der Waals surface area contributed by atoms with Gasteiger partial charge >= 0.3 is 0 Å². The summed E-state index contributed by atoms with van der Waals surface area (Å²) in [6.07, 6.45) is 2.30. The Hall–Kier alpha value is -2.17. The summed E-state index contributed by atoms with van der Waals surface area (Å²) >= 11 is 0. The summed E-state index contributed by atoms with van der Waals surface area (Å²) in [5.41, 5.74) is 0.800. The minimum absolute atomic E-state index is 0.142. The number of benzene rings is 1. The zero-order valence-electron chi connectivity index (χ0n) is 11.3. The maximum absolute atomic E-state index is 12.4. The van der Waals surface area contributed by atoms with E-state index in [1.807, 2.05) is 0 Å². The van der Waals surface area contributed by atoms with Gasteiger partial charge in [-0.05, 0) is 31.4 Å². The van der Waals surface area contributed by atoms with E-state index in [1.54, 1.807) is 36.2 Å². The van der Waals surface area contributed by atoms with Gasteiger partial charge in [-0.3, -0.25) is 19.3 Å². The Kier molecular flexibility index (Phi) is 3.04. The number of likely N-dealkylation sites (tertiary alicyclic amines) is 1. The molecule has 1 saturated heterocycles. The number of hydrogen-bond donors (Lipinski definition) is 0. The Balaban J connectivity index is 1.97. The molecule has 0 unspecified atom stereocenters. The van der Waals surface area contributed by atoms with Gasteiger partial charge in [-0.15, -0.1) is 0 Å². The molecule has 0 spiro atoms. The predicted molar refractivity (Wildman–Crippen MR) is 72.2 cm³/mol. The summed E-state index contributed by atoms with van der Waals surface area (Å²) in [4.78, 5) is 39.9. The number of fused-ring (bicyclic) bond motifs is 1. The van der Waals surface area contributed by atoms with Crippen LogP contribution in [0.3, 0.4) is 0 Å². The van der Waals surface area contributed by atoms with Gasteiger partial charge < -0.3 is 4.90 Å². The van der Waals surface area contributed by atoms with E-state index in [2.05, 4.69) is 0 Å². The minimum atomic E-state index is -0.658. The van der Waals surface area contributed by atoms with Crippen LogP contribution in [0.15, 0.2) is 24.3 Å². The molecule has 3 rings (SSSR count). The van der Waals surface area contributed by atoms with Crippen molar-refractivity contribution in [1.82, 2.24) is 9.80 Å². The molecule has 5 heteroatoms. The van der Waals surface area contributed by atoms with Crippen LogP contribution >= 0.6 is 0 Å². The average Bonchev–Trinajstić information content (AvgIpc) is 2.59. The Labute approximate surface area is 117 Å². The lowest BCUT2D eigenvalue weighted by Crippen LogP contribution is -2.49. The van der Waals surface area contributed by atoms with Gasteiger partial charge in [0, 0.05) is 13.6 Å². The fourth-order valence-electron chi connectivity index (χ4n) is 2.91. The third-order valence-electron chi connectivity index (χ3n) is 4.02. The lowest BCUT2D eigenvalue weighted by Gasteiger charge is -2.26. The van der Waals surface area contributed by atoms with Crippen molar-refractivity contribution in [3.05, 3.63) is 35.4 Å². The van der Waals surface area contributed by atoms with Crippen LogP contribution in [0.2, 0.25) is 0 Å². The molecular weight excluding hydrogens is 256 g/mol. The molecule has 0 aromatic heterocycles. The van der Waals surface area contributed by atoms with Crippen LogP contribution in [0.5, 0.6) is 0 Å². The van der Waals surface area contributed by atoms with E-state index < -0.39 is 6.04 Å². The Bertz CT molecular complexity index is 562. The fourth-order valence-corrected chi connectivity index (χ4v) is 2.91. The van der Waals surface area contributed by atoms with E-state index >= 15 is 0 Å². The molecule has 1 fully saturated rings. The van der Waals surface area contributed by atoms with Crippen molar-refractivity contribution in [3.63, 3.8) is 0 Å². The minimum Gasteiger partial charge on any atom is -0.344 e. The molecule has 2 aliphatic heterocycles. The topological polar surface area (TPSA) is 57.7 Å². The number of carbonyl (C=O) groups excluding carboxylic acids is 3. The van der Waals surface area contributed by atoms with E-state index in [1.165, 1.54) is 0 Å². The molecule has 2 heterocycles. The number of hydrogen-bond acceptors (Lipinski definition) is 3. The molecule has 0 radical (unpaired) electrons. The van der Waals surface area contributed by atoms with Crippen LogP contribution in [-0.2, 0) is 4.79 Å². The van der Waals surface area contributed by atoms with Gasteiger partial charge in [-0.1, -0.05) is 12.1 Å². The second kappa shape index (κ2) is 4.74. The first-order chi connectivity index (χ1) is 9.61. The van der Waals surface area contributed by atoms with Crippen LogP contribution in [0, 0.1) is 0 Å². The third kappa shape index (κ3) is 1.81. The largest absolute Gasteiger partial charge is 0.344 e. The van der Waals surface area contributed by atoms with Crippen molar-refractivity contribution in [3.8, 4) is 0 Å². The van der Waals surface area contributed by atoms with E-state index in [0.29, 0.717) is 24.1 Å². The first-order valence-corrected chi connectivity index (χ1v) is 6.83. The van der Waals surface area contributed by atoms with Crippen molar-refractivity contribution in [1.29, 1.82) is 0 Å². The van der Waals surface area contributed by atoms with Crippen LogP contribution < -0.4 is 0 Å². The summed E-state index contributed by atoms with van der Waals surface area (Å²) in [6.45, 7) is 0.679. The van der Waals surface area contributed by atoms with Gasteiger partial charge in [0.05, 0.1) is 11.1 Å². The molecule has 0 aliphatic carbocycles. The number of carbonyl (C=O) groups is 3. The Morgan fingerprint density at radius 3 is 2.20 bits per heavy atom. The zero-order chi connectivity index (χ0) is 14.3. The maximum Gasteiger partial charge on any atom is 0.262 e. The fraction of sp³-hybridized carbons (Fsp3) is 0.400. The monoisotopic (exact) mass is 272 g/mol. The van der Waals surface area contributed by atoms with E-state index in [9.17, 15) is 14.4 Å². The van der Waals surface area contributed by atoms with Gasteiger partial charge in [-0.2, -0.15) is 0 Å². The first kappa shape index (κ1) is 12.8. The molecule has 1 aromatic carbocycles. The van der Waals surface area contributed by atoms with Gasteiger partial charge in [0.2, 0.25) is 5.91 Å². The van der Waals surface area contributed by atoms with Gasteiger partial charge in [0.25, 0.3) is 11.8 Å². The highest BCUT2D eigenvalue weighted by Gasteiger charge is 2.43. The molecular formula is C15H16N2O3. The molecule has 2 aliphatic rings. The lowest BCUT2D eigenvalue weighted by atomic mass is 10.1. The van der Waals surface area contributed by atoms with Crippen LogP contribution in [0.1, 0.15) is 40.0 Å². The van der Waals surface area contributed by atoms with Crippen molar-refractivity contribution in [2.24, 2.45) is 0 Å². The highest BCUT2D eigenvalue weighted by atomic mass is 16.2. The molecule has 1 atom stereocenters. The maximum atomic E-state index is 12.4. The quantitative estimate of drug-likeness (QED) is 0.724. The van der Waals surface area contributed by atoms with E-state index in [-0.39, 0.29) is 17.7 Å². The summed E-state index contributed by atoms with van der Waals surface area (Å²) in [7, 11) is 1.72. The summed E-state index contributed by atoms with van der Waals surface area (Å²) < 4.78 is 0.